The van der Waals surface area contributed by atoms with E-state index in [1.54, 1.807) is 0 Å². The Labute approximate surface area is 126 Å². The van der Waals surface area contributed by atoms with Crippen LogP contribution in [0.25, 0.3) is 0 Å². The number of rotatable bonds is 3. The van der Waals surface area contributed by atoms with E-state index in [4.69, 9.17) is 5.73 Å². The topological polar surface area (TPSA) is 66.6 Å². The van der Waals surface area contributed by atoms with Crippen molar-refractivity contribution in [3.8, 4) is 0 Å². The van der Waals surface area contributed by atoms with Gasteiger partial charge in [-0.2, -0.15) is 0 Å². The minimum Gasteiger partial charge on any atom is -0.327 e. The highest BCUT2D eigenvalue weighted by Gasteiger charge is 2.39. The van der Waals surface area contributed by atoms with Crippen molar-refractivity contribution in [2.45, 2.75) is 38.1 Å². The quantitative estimate of drug-likeness (QED) is 0.776. The molecule has 114 valence electrons. The van der Waals surface area contributed by atoms with Gasteiger partial charge in [-0.25, -0.2) is 0 Å². The van der Waals surface area contributed by atoms with E-state index in [-0.39, 0.29) is 24.2 Å². The Bertz CT molecular complexity index is 375. The van der Waals surface area contributed by atoms with Gasteiger partial charge in [0.05, 0.1) is 0 Å². The Morgan fingerprint density at radius 3 is 2.40 bits per heavy atom. The van der Waals surface area contributed by atoms with Gasteiger partial charge in [0, 0.05) is 45.1 Å². The Kier molecular flexibility index (Phi) is 5.04. The van der Waals surface area contributed by atoms with Crippen LogP contribution < -0.4 is 5.73 Å². The van der Waals surface area contributed by atoms with Crippen molar-refractivity contribution in [1.29, 1.82) is 0 Å². The molecule has 0 radical (unpaired) electrons. The maximum absolute atomic E-state index is 11.6. The third-order valence-corrected chi connectivity index (χ3v) is 5.02. The Hall–Kier alpha value is -0.650. The maximum atomic E-state index is 11.6. The molecule has 0 bridgehead atoms. The van der Waals surface area contributed by atoms with E-state index in [1.807, 2.05) is 0 Å². The molecular formula is C14H24ClN3O2. The lowest BCUT2D eigenvalue weighted by molar-refractivity contribution is -0.138. The molecule has 1 saturated carbocycles. The first-order valence-electron chi connectivity index (χ1n) is 7.46. The van der Waals surface area contributed by atoms with Gasteiger partial charge in [-0.1, -0.05) is 6.42 Å². The molecule has 2 aliphatic heterocycles. The van der Waals surface area contributed by atoms with Crippen LogP contribution in [-0.4, -0.2) is 53.8 Å². The number of hydrogen-bond acceptors (Lipinski definition) is 4. The molecule has 2 saturated heterocycles. The molecular weight excluding hydrogens is 278 g/mol. The number of carbonyl (C=O) groups is 2. The highest BCUT2D eigenvalue weighted by Crippen LogP contribution is 2.35. The third-order valence-electron chi connectivity index (χ3n) is 5.02. The Balaban J connectivity index is 0.00000147. The summed E-state index contributed by atoms with van der Waals surface area (Å²) in [4.78, 5) is 26.9. The smallest absolute Gasteiger partial charge is 0.229 e. The Morgan fingerprint density at radius 2 is 1.75 bits per heavy atom. The molecule has 1 aliphatic carbocycles. The highest BCUT2D eigenvalue weighted by atomic mass is 35.5. The van der Waals surface area contributed by atoms with Gasteiger partial charge in [0.2, 0.25) is 11.8 Å². The molecule has 5 nitrogen and oxygen atoms in total. The van der Waals surface area contributed by atoms with Gasteiger partial charge in [0.25, 0.3) is 0 Å². The van der Waals surface area contributed by atoms with Crippen LogP contribution in [0.1, 0.15) is 32.1 Å². The van der Waals surface area contributed by atoms with Crippen LogP contribution in [-0.2, 0) is 9.59 Å². The molecule has 6 heteroatoms. The van der Waals surface area contributed by atoms with Crippen LogP contribution in [0.2, 0.25) is 0 Å². The van der Waals surface area contributed by atoms with Gasteiger partial charge >= 0.3 is 0 Å². The zero-order valence-corrected chi connectivity index (χ0v) is 12.6. The molecule has 0 aromatic carbocycles. The van der Waals surface area contributed by atoms with Crippen LogP contribution in [0, 0.1) is 11.8 Å². The van der Waals surface area contributed by atoms with Gasteiger partial charge < -0.3 is 10.6 Å². The van der Waals surface area contributed by atoms with Crippen molar-refractivity contribution in [1.82, 2.24) is 9.80 Å². The number of imide groups is 1. The summed E-state index contributed by atoms with van der Waals surface area (Å²) in [6, 6.07) is 0.346. The lowest BCUT2D eigenvalue weighted by Crippen LogP contribution is -2.39. The minimum atomic E-state index is -0.00156. The van der Waals surface area contributed by atoms with Crippen molar-refractivity contribution >= 4 is 24.2 Å². The van der Waals surface area contributed by atoms with Gasteiger partial charge in [0.1, 0.15) is 0 Å². The van der Waals surface area contributed by atoms with Gasteiger partial charge in [0.15, 0.2) is 0 Å². The molecule has 3 unspecified atom stereocenters. The van der Waals surface area contributed by atoms with Crippen molar-refractivity contribution in [2.75, 3.05) is 26.2 Å². The van der Waals surface area contributed by atoms with Crippen molar-refractivity contribution < 1.29 is 9.59 Å². The van der Waals surface area contributed by atoms with Crippen LogP contribution in [0.15, 0.2) is 0 Å². The minimum absolute atomic E-state index is 0. The van der Waals surface area contributed by atoms with E-state index in [1.165, 1.54) is 17.7 Å². The average Bonchev–Trinajstić information content (AvgIpc) is 2.93. The third kappa shape index (κ3) is 3.00. The fraction of sp³-hybridized carbons (Fsp3) is 0.857. The number of amides is 2. The fourth-order valence-corrected chi connectivity index (χ4v) is 3.91. The predicted molar refractivity (Wildman–Crippen MR) is 78.4 cm³/mol. The molecule has 3 rings (SSSR count). The molecule has 3 aliphatic rings. The van der Waals surface area contributed by atoms with Gasteiger partial charge in [-0.3, -0.25) is 14.5 Å². The van der Waals surface area contributed by atoms with Crippen molar-refractivity contribution in [2.24, 2.45) is 17.6 Å². The van der Waals surface area contributed by atoms with E-state index < -0.39 is 0 Å². The summed E-state index contributed by atoms with van der Waals surface area (Å²) >= 11 is 0. The second-order valence-electron chi connectivity index (χ2n) is 6.22. The van der Waals surface area contributed by atoms with E-state index >= 15 is 0 Å². The molecule has 20 heavy (non-hydrogen) atoms. The van der Waals surface area contributed by atoms with Crippen LogP contribution in [0.4, 0.5) is 0 Å². The lowest BCUT2D eigenvalue weighted by atomic mass is 9.78. The average molecular weight is 302 g/mol. The largest absolute Gasteiger partial charge is 0.327 e. The molecule has 0 aromatic heterocycles. The fourth-order valence-electron chi connectivity index (χ4n) is 3.91. The molecule has 2 amide bonds. The summed E-state index contributed by atoms with van der Waals surface area (Å²) in [5.74, 6) is 1.35. The van der Waals surface area contributed by atoms with Crippen LogP contribution in [0.3, 0.4) is 0 Å². The molecule has 3 atom stereocenters. The molecule has 0 aromatic rings. The maximum Gasteiger partial charge on any atom is 0.229 e. The summed E-state index contributed by atoms with van der Waals surface area (Å²) in [6.07, 6.45) is 4.48. The summed E-state index contributed by atoms with van der Waals surface area (Å²) < 4.78 is 0. The van der Waals surface area contributed by atoms with Gasteiger partial charge in [-0.15, -0.1) is 12.4 Å². The van der Waals surface area contributed by atoms with Crippen LogP contribution in [0.5, 0.6) is 0 Å². The van der Waals surface area contributed by atoms with E-state index in [9.17, 15) is 9.59 Å². The SMILES string of the molecule is Cl.NC1CCCC2CN(CCN3C(=O)CCC3=O)CC12. The lowest BCUT2D eigenvalue weighted by Gasteiger charge is -2.29. The number of halogens is 1. The number of hydrogen-bond donors (Lipinski definition) is 1. The second kappa shape index (κ2) is 6.41. The van der Waals surface area contributed by atoms with Crippen molar-refractivity contribution in [3.63, 3.8) is 0 Å². The number of carbonyl (C=O) groups excluding carboxylic acids is 2. The predicted octanol–water partition coefficient (Wildman–Crippen LogP) is 0.616. The summed E-state index contributed by atoms with van der Waals surface area (Å²) in [5, 5.41) is 0. The van der Waals surface area contributed by atoms with E-state index in [2.05, 4.69) is 4.90 Å². The first kappa shape index (κ1) is 15.7. The Morgan fingerprint density at radius 1 is 1.05 bits per heavy atom. The first-order valence-corrected chi connectivity index (χ1v) is 7.46. The van der Waals surface area contributed by atoms with Crippen molar-refractivity contribution in [3.05, 3.63) is 0 Å². The number of nitrogens with zero attached hydrogens (tertiary/aromatic N) is 2. The van der Waals surface area contributed by atoms with Gasteiger partial charge in [-0.05, 0) is 24.7 Å². The standard InChI is InChI=1S/C14H23N3O2.ClH/c15-12-3-1-2-10-8-16(9-11(10)12)6-7-17-13(18)4-5-14(17)19;/h10-12H,1-9,15H2;1H. The molecule has 2 N–H and O–H groups in total. The number of likely N-dealkylation sites (tertiary alicyclic amines) is 2. The second-order valence-corrected chi connectivity index (χ2v) is 6.22. The normalized spacial score (nSPS) is 34.2. The molecule has 3 fully saturated rings. The summed E-state index contributed by atoms with van der Waals surface area (Å²) in [5.41, 5.74) is 6.20. The number of nitrogens with two attached hydrogens (primary N) is 1. The van der Waals surface area contributed by atoms with Crippen LogP contribution >= 0.6 is 12.4 Å². The molecule has 0 spiro atoms. The molecule has 2 heterocycles. The zero-order valence-electron chi connectivity index (χ0n) is 11.8. The monoisotopic (exact) mass is 301 g/mol. The van der Waals surface area contributed by atoms with E-state index in [0.29, 0.717) is 31.3 Å². The number of fused-ring (bicyclic) bond motifs is 1. The summed E-state index contributed by atoms with van der Waals surface area (Å²) in [7, 11) is 0. The summed E-state index contributed by atoms with van der Waals surface area (Å²) in [6.45, 7) is 3.51. The van der Waals surface area contributed by atoms with E-state index in [0.717, 1.165) is 32.0 Å². The highest BCUT2D eigenvalue weighted by molar-refractivity contribution is 6.01. The first-order chi connectivity index (χ1) is 9.15. The zero-order chi connectivity index (χ0) is 13.4.